The van der Waals surface area contributed by atoms with E-state index in [0.717, 1.165) is 25.8 Å². The third-order valence-electron chi connectivity index (χ3n) is 6.45. The van der Waals surface area contributed by atoms with Crippen molar-refractivity contribution >= 4 is 22.8 Å². The molecule has 0 radical (unpaired) electrons. The molecule has 2 aromatic rings. The van der Waals surface area contributed by atoms with Crippen LogP contribution < -0.4 is 5.32 Å². The van der Waals surface area contributed by atoms with E-state index in [2.05, 4.69) is 60.5 Å². The fourth-order valence-electron chi connectivity index (χ4n) is 4.59. The number of carboxylic acids is 1. The van der Waals surface area contributed by atoms with Crippen LogP contribution in [-0.2, 0) is 16.0 Å². The van der Waals surface area contributed by atoms with Gasteiger partial charge >= 0.3 is 5.97 Å². The van der Waals surface area contributed by atoms with Crippen molar-refractivity contribution in [3.8, 4) is 0 Å². The molecule has 1 fully saturated rings. The van der Waals surface area contributed by atoms with E-state index in [-0.39, 0.29) is 17.9 Å². The predicted octanol–water partition coefficient (Wildman–Crippen LogP) is 2.49. The van der Waals surface area contributed by atoms with E-state index in [4.69, 9.17) is 10.2 Å². The number of aliphatic hydroxyl groups is 1. The number of likely N-dealkylation sites (tertiary alicyclic amines) is 1. The summed E-state index contributed by atoms with van der Waals surface area (Å²) in [6.07, 6.45) is 3.95. The summed E-state index contributed by atoms with van der Waals surface area (Å²) >= 11 is 0. The van der Waals surface area contributed by atoms with Crippen LogP contribution in [0.3, 0.4) is 0 Å². The molecule has 1 aromatic heterocycles. The second-order valence-corrected chi connectivity index (χ2v) is 8.67. The number of benzene rings is 1. The molecular weight excluding hydrogens is 382 g/mol. The van der Waals surface area contributed by atoms with Crippen molar-refractivity contribution in [2.75, 3.05) is 13.6 Å². The minimum absolute atomic E-state index is 0.0843. The molecule has 30 heavy (non-hydrogen) atoms. The predicted molar refractivity (Wildman–Crippen MR) is 116 cm³/mol. The number of nitrogens with one attached hydrogen (secondary N) is 2. The van der Waals surface area contributed by atoms with Gasteiger partial charge in [0.15, 0.2) is 0 Å². The number of nitrogens with zero attached hydrogens (tertiary/aromatic N) is 1. The van der Waals surface area contributed by atoms with Gasteiger partial charge in [0.2, 0.25) is 5.91 Å². The number of likely N-dealkylation sites (N-methyl/N-ethyl adjacent to an activating group) is 1. The number of aromatic amines is 1. The summed E-state index contributed by atoms with van der Waals surface area (Å²) in [6.45, 7) is 6.26. The molecular formula is C23H33N3O4. The molecule has 2 heterocycles. The Kier molecular flexibility index (Phi) is 6.83. The maximum Gasteiger partial charge on any atom is 0.332 e. The lowest BCUT2D eigenvalue weighted by molar-refractivity contribution is -0.145. The van der Waals surface area contributed by atoms with Gasteiger partial charge < -0.3 is 25.4 Å². The van der Waals surface area contributed by atoms with Crippen LogP contribution >= 0.6 is 0 Å². The maximum atomic E-state index is 12.7. The number of carbonyl (C=O) groups excluding carboxylic acids is 1. The standard InChI is InChI=1S/C20H27N3O.C3H6O3/c1-4-12(2)22-20(24)14-8-16-15-6-5-7-17-19(15)13(10-21-17)9-18(16)23(3)11-14;1-2(4)3(5)6/h5-7,10,12,14,16,18,21H,4,8-9,11H2,1-3H3,(H,22,24);2,4H,1H3,(H,5,6)/t12?,14?,16?,18-;/m1./s1. The van der Waals surface area contributed by atoms with Crippen molar-refractivity contribution in [1.29, 1.82) is 0 Å². The van der Waals surface area contributed by atoms with Crippen molar-refractivity contribution in [3.05, 3.63) is 35.5 Å². The van der Waals surface area contributed by atoms with Crippen LogP contribution in [-0.4, -0.2) is 63.8 Å². The van der Waals surface area contributed by atoms with Crippen LogP contribution in [0.15, 0.2) is 24.4 Å². The third-order valence-corrected chi connectivity index (χ3v) is 6.45. The summed E-state index contributed by atoms with van der Waals surface area (Å²) in [5.74, 6) is -0.430. The van der Waals surface area contributed by atoms with Crippen LogP contribution in [0.4, 0.5) is 0 Å². The summed E-state index contributed by atoms with van der Waals surface area (Å²) in [7, 11) is 2.18. The topological polar surface area (TPSA) is 106 Å². The summed E-state index contributed by atoms with van der Waals surface area (Å²) in [5, 5.41) is 20.4. The maximum absolute atomic E-state index is 12.7. The number of hydrogen-bond acceptors (Lipinski definition) is 4. The lowest BCUT2D eigenvalue weighted by Gasteiger charge is -2.45. The molecule has 2 aliphatic rings. The Labute approximate surface area is 177 Å². The van der Waals surface area contributed by atoms with E-state index in [1.165, 1.54) is 29.0 Å². The summed E-state index contributed by atoms with van der Waals surface area (Å²) in [5.41, 5.74) is 4.08. The van der Waals surface area contributed by atoms with E-state index in [1.807, 2.05) is 0 Å². The van der Waals surface area contributed by atoms with Crippen LogP contribution in [0.5, 0.6) is 0 Å². The Morgan fingerprint density at radius 3 is 2.67 bits per heavy atom. The van der Waals surface area contributed by atoms with Gasteiger partial charge in [0, 0.05) is 41.6 Å². The number of aromatic nitrogens is 1. The van der Waals surface area contributed by atoms with Gasteiger partial charge in [0.1, 0.15) is 6.10 Å². The van der Waals surface area contributed by atoms with Crippen molar-refractivity contribution in [2.24, 2.45) is 5.92 Å². The summed E-state index contributed by atoms with van der Waals surface area (Å²) in [6, 6.07) is 7.32. The molecule has 0 spiro atoms. The smallest absolute Gasteiger partial charge is 0.332 e. The monoisotopic (exact) mass is 415 g/mol. The second-order valence-electron chi connectivity index (χ2n) is 8.67. The van der Waals surface area contributed by atoms with E-state index in [1.54, 1.807) is 0 Å². The summed E-state index contributed by atoms with van der Waals surface area (Å²) < 4.78 is 0. The molecule has 1 saturated heterocycles. The number of aliphatic carboxylic acids is 1. The Morgan fingerprint density at radius 2 is 2.03 bits per heavy atom. The van der Waals surface area contributed by atoms with Gasteiger partial charge in [-0.1, -0.05) is 19.1 Å². The fraction of sp³-hybridized carbons (Fsp3) is 0.565. The zero-order chi connectivity index (χ0) is 22.0. The zero-order valence-corrected chi connectivity index (χ0v) is 18.2. The first-order valence-electron chi connectivity index (χ1n) is 10.7. The SMILES string of the molecule is CC(O)C(=O)O.CCC(C)NC(=O)C1CC2c3cccc4[nH]cc(c34)C[C@H]2N(C)C1. The zero-order valence-electron chi connectivity index (χ0n) is 18.2. The first-order valence-corrected chi connectivity index (χ1v) is 10.7. The highest BCUT2D eigenvalue weighted by molar-refractivity contribution is 5.88. The van der Waals surface area contributed by atoms with Gasteiger partial charge in [0.25, 0.3) is 0 Å². The van der Waals surface area contributed by atoms with Gasteiger partial charge in [-0.15, -0.1) is 0 Å². The van der Waals surface area contributed by atoms with Crippen molar-refractivity contribution < 1.29 is 19.8 Å². The third kappa shape index (κ3) is 4.52. The van der Waals surface area contributed by atoms with E-state index in [9.17, 15) is 9.59 Å². The molecule has 4 rings (SSSR count). The second kappa shape index (κ2) is 9.18. The number of carbonyl (C=O) groups is 2. The van der Waals surface area contributed by atoms with Gasteiger partial charge in [-0.25, -0.2) is 4.79 Å². The fourth-order valence-corrected chi connectivity index (χ4v) is 4.59. The lowest BCUT2D eigenvalue weighted by atomic mass is 9.72. The van der Waals surface area contributed by atoms with E-state index < -0.39 is 12.1 Å². The van der Waals surface area contributed by atoms with Crippen molar-refractivity contribution in [3.63, 3.8) is 0 Å². The highest BCUT2D eigenvalue weighted by Gasteiger charge is 2.41. The minimum Gasteiger partial charge on any atom is -0.479 e. The van der Waals surface area contributed by atoms with E-state index >= 15 is 0 Å². The average molecular weight is 416 g/mol. The molecule has 1 aliphatic heterocycles. The number of carboxylic acid groups (broad SMARTS) is 1. The molecule has 4 unspecified atom stereocenters. The van der Waals surface area contributed by atoms with Crippen LogP contribution in [0.2, 0.25) is 0 Å². The summed E-state index contributed by atoms with van der Waals surface area (Å²) in [4.78, 5) is 28.0. The number of aliphatic hydroxyl groups excluding tert-OH is 1. The number of H-pyrrole nitrogens is 1. The molecule has 7 heteroatoms. The number of amides is 1. The molecule has 164 valence electrons. The largest absolute Gasteiger partial charge is 0.479 e. The molecule has 1 amide bonds. The van der Waals surface area contributed by atoms with Gasteiger partial charge in [-0.3, -0.25) is 4.79 Å². The first kappa shape index (κ1) is 22.3. The van der Waals surface area contributed by atoms with Crippen LogP contribution in [0.25, 0.3) is 10.9 Å². The Bertz CT molecular complexity index is 907. The van der Waals surface area contributed by atoms with Crippen LogP contribution in [0.1, 0.15) is 50.7 Å². The number of fused-ring (bicyclic) bond motifs is 2. The molecule has 7 nitrogen and oxygen atoms in total. The quantitative estimate of drug-likeness (QED) is 0.614. The first-order chi connectivity index (χ1) is 14.2. The highest BCUT2D eigenvalue weighted by atomic mass is 16.4. The molecule has 1 aromatic carbocycles. The molecule has 0 bridgehead atoms. The van der Waals surface area contributed by atoms with Gasteiger partial charge in [-0.2, -0.15) is 0 Å². The minimum atomic E-state index is -1.23. The normalized spacial score (nSPS) is 24.9. The molecule has 5 atom stereocenters. The van der Waals surface area contributed by atoms with E-state index in [0.29, 0.717) is 12.0 Å². The van der Waals surface area contributed by atoms with Gasteiger partial charge in [0.05, 0.1) is 5.92 Å². The molecule has 0 saturated carbocycles. The van der Waals surface area contributed by atoms with Crippen LogP contribution in [0, 0.1) is 5.92 Å². The Morgan fingerprint density at radius 1 is 1.33 bits per heavy atom. The van der Waals surface area contributed by atoms with Crippen molar-refractivity contribution in [2.45, 2.75) is 64.1 Å². The molecule has 4 N–H and O–H groups in total. The van der Waals surface area contributed by atoms with Crippen molar-refractivity contribution in [1.82, 2.24) is 15.2 Å². The molecule has 1 aliphatic carbocycles. The number of rotatable bonds is 4. The lowest BCUT2D eigenvalue weighted by Crippen LogP contribution is -2.52. The highest BCUT2D eigenvalue weighted by Crippen LogP contribution is 2.44. The Hall–Kier alpha value is -2.38. The number of hydrogen-bond donors (Lipinski definition) is 4. The average Bonchev–Trinajstić information content (AvgIpc) is 3.13. The Balaban J connectivity index is 0.000000377. The number of piperidine rings is 1. The van der Waals surface area contributed by atoms with Gasteiger partial charge in [-0.05, 0) is 57.4 Å².